The minimum absolute atomic E-state index is 0.00675. The number of methoxy groups -OCH3 is 2. The van der Waals surface area contributed by atoms with Gasteiger partial charge in [0.05, 0.1) is 25.8 Å². The average Bonchev–Trinajstić information content (AvgIpc) is 2.67. The Morgan fingerprint density at radius 3 is 2.59 bits per heavy atom. The van der Waals surface area contributed by atoms with Gasteiger partial charge in [-0.25, -0.2) is 0 Å². The molecule has 9 heteroatoms. The fraction of sp³-hybridized carbons (Fsp3) is 0.278. The molecule has 0 radical (unpaired) electrons. The Morgan fingerprint density at radius 1 is 1.15 bits per heavy atom. The van der Waals surface area contributed by atoms with Gasteiger partial charge in [-0.05, 0) is 24.3 Å². The molecular formula is C18H21Cl2N3O4. The maximum Gasteiger partial charge on any atom is 0.193 e. The highest BCUT2D eigenvalue weighted by Gasteiger charge is 2.10. The van der Waals surface area contributed by atoms with E-state index in [1.54, 1.807) is 50.6 Å². The number of ether oxygens (including phenoxy) is 3. The van der Waals surface area contributed by atoms with E-state index in [1.807, 2.05) is 0 Å². The summed E-state index contributed by atoms with van der Waals surface area (Å²) in [5.41, 5.74) is 6.52. The van der Waals surface area contributed by atoms with Gasteiger partial charge in [0.15, 0.2) is 17.5 Å². The fourth-order valence-corrected chi connectivity index (χ4v) is 2.49. The zero-order valence-corrected chi connectivity index (χ0v) is 16.4. The number of nitrogens with zero attached hydrogens (tertiary/aromatic N) is 1. The van der Waals surface area contributed by atoms with Gasteiger partial charge in [0.25, 0.3) is 0 Å². The van der Waals surface area contributed by atoms with Gasteiger partial charge in [0.2, 0.25) is 0 Å². The zero-order chi connectivity index (χ0) is 19.8. The first-order valence-corrected chi connectivity index (χ1v) is 8.74. The average molecular weight is 414 g/mol. The second-order valence-electron chi connectivity index (χ2n) is 5.44. The van der Waals surface area contributed by atoms with Crippen LogP contribution in [0.3, 0.4) is 0 Å². The predicted octanol–water partition coefficient (Wildman–Crippen LogP) is 3.18. The quantitative estimate of drug-likeness (QED) is 0.454. The van der Waals surface area contributed by atoms with Crippen molar-refractivity contribution in [2.24, 2.45) is 10.7 Å². The van der Waals surface area contributed by atoms with E-state index in [4.69, 9.17) is 43.1 Å². The number of hydrogen-bond donors (Lipinski definition) is 3. The number of aliphatic imine (C=N–C) groups is 1. The van der Waals surface area contributed by atoms with Gasteiger partial charge in [0.1, 0.15) is 23.5 Å². The van der Waals surface area contributed by atoms with Crippen molar-refractivity contribution in [3.8, 4) is 17.2 Å². The van der Waals surface area contributed by atoms with Crippen molar-refractivity contribution in [2.75, 3.05) is 32.7 Å². The molecule has 0 aromatic heterocycles. The van der Waals surface area contributed by atoms with E-state index >= 15 is 0 Å². The van der Waals surface area contributed by atoms with E-state index in [0.29, 0.717) is 33.0 Å². The largest absolute Gasteiger partial charge is 0.493 e. The highest BCUT2D eigenvalue weighted by atomic mass is 35.5. The lowest BCUT2D eigenvalue weighted by Gasteiger charge is -2.13. The van der Waals surface area contributed by atoms with Crippen LogP contribution < -0.4 is 25.3 Å². The van der Waals surface area contributed by atoms with Crippen molar-refractivity contribution in [3.63, 3.8) is 0 Å². The third-order valence-corrected chi connectivity index (χ3v) is 4.28. The number of nitrogens with one attached hydrogen (secondary N) is 1. The molecule has 0 saturated heterocycles. The third kappa shape index (κ3) is 6.09. The Morgan fingerprint density at radius 2 is 1.89 bits per heavy atom. The monoisotopic (exact) mass is 413 g/mol. The molecule has 2 aromatic rings. The van der Waals surface area contributed by atoms with Gasteiger partial charge >= 0.3 is 0 Å². The van der Waals surface area contributed by atoms with E-state index < -0.39 is 6.10 Å². The number of anilines is 1. The smallest absolute Gasteiger partial charge is 0.193 e. The highest BCUT2D eigenvalue weighted by molar-refractivity contribution is 6.42. The Hall–Kier alpha value is -2.35. The van der Waals surface area contributed by atoms with E-state index in [1.165, 1.54) is 0 Å². The molecule has 0 fully saturated rings. The summed E-state index contributed by atoms with van der Waals surface area (Å²) in [5, 5.41) is 13.6. The molecular weight excluding hydrogens is 393 g/mol. The van der Waals surface area contributed by atoms with Crippen molar-refractivity contribution in [1.82, 2.24) is 0 Å². The molecule has 2 aromatic carbocycles. The van der Waals surface area contributed by atoms with Gasteiger partial charge in [-0.3, -0.25) is 4.99 Å². The van der Waals surface area contributed by atoms with Crippen LogP contribution in [0.5, 0.6) is 17.2 Å². The Bertz CT molecular complexity index is 802. The number of aliphatic hydroxyl groups excluding tert-OH is 1. The normalized spacial score (nSPS) is 12.4. The molecule has 0 saturated carbocycles. The third-order valence-electron chi connectivity index (χ3n) is 3.48. The van der Waals surface area contributed by atoms with Crippen LogP contribution in [0.2, 0.25) is 10.0 Å². The summed E-state index contributed by atoms with van der Waals surface area (Å²) in [6.07, 6.45) is -0.870. The first kappa shape index (κ1) is 21.0. The van der Waals surface area contributed by atoms with E-state index in [0.717, 1.165) is 0 Å². The summed E-state index contributed by atoms with van der Waals surface area (Å²) in [5.74, 6) is 1.69. The van der Waals surface area contributed by atoms with Crippen LogP contribution in [0.4, 0.5) is 5.69 Å². The maximum atomic E-state index is 10.0. The molecule has 0 aliphatic heterocycles. The van der Waals surface area contributed by atoms with Gasteiger partial charge in [-0.15, -0.1) is 0 Å². The SMILES string of the molecule is COc1ccc(NC(N)=NCC(O)COc2cccc(Cl)c2Cl)cc1OC. The number of halogens is 2. The van der Waals surface area contributed by atoms with Crippen molar-refractivity contribution in [1.29, 1.82) is 0 Å². The summed E-state index contributed by atoms with van der Waals surface area (Å²) >= 11 is 11.9. The molecule has 1 unspecified atom stereocenters. The van der Waals surface area contributed by atoms with Crippen LogP contribution in [-0.4, -0.2) is 44.5 Å². The van der Waals surface area contributed by atoms with Crippen LogP contribution in [0, 0.1) is 0 Å². The Balaban J connectivity index is 1.88. The van der Waals surface area contributed by atoms with Crippen molar-refractivity contribution in [3.05, 3.63) is 46.4 Å². The summed E-state index contributed by atoms with van der Waals surface area (Å²) in [4.78, 5) is 4.09. The van der Waals surface area contributed by atoms with Gasteiger partial charge in [0, 0.05) is 11.8 Å². The maximum absolute atomic E-state index is 10.0. The van der Waals surface area contributed by atoms with Crippen molar-refractivity contribution in [2.45, 2.75) is 6.10 Å². The molecule has 2 rings (SSSR count). The van der Waals surface area contributed by atoms with E-state index in [2.05, 4.69) is 10.3 Å². The first-order chi connectivity index (χ1) is 12.9. The molecule has 0 amide bonds. The second kappa shape index (κ2) is 10.1. The van der Waals surface area contributed by atoms with Gasteiger partial charge in [-0.1, -0.05) is 29.3 Å². The molecule has 4 N–H and O–H groups in total. The predicted molar refractivity (Wildman–Crippen MR) is 108 cm³/mol. The lowest BCUT2D eigenvalue weighted by molar-refractivity contribution is 0.114. The standard InChI is InChI=1S/C18H21Cl2N3O4/c1-25-14-7-6-11(8-16(14)26-2)23-18(21)22-9-12(24)10-27-15-5-3-4-13(19)17(15)20/h3-8,12,24H,9-10H2,1-2H3,(H3,21,22,23). The highest BCUT2D eigenvalue weighted by Crippen LogP contribution is 2.31. The van der Waals surface area contributed by atoms with Gasteiger partial charge < -0.3 is 30.4 Å². The van der Waals surface area contributed by atoms with Crippen LogP contribution in [0.25, 0.3) is 0 Å². The lowest BCUT2D eigenvalue weighted by Crippen LogP contribution is -2.27. The number of aliphatic hydroxyl groups is 1. The minimum Gasteiger partial charge on any atom is -0.493 e. The fourth-order valence-electron chi connectivity index (χ4n) is 2.14. The molecule has 1 atom stereocenters. The molecule has 146 valence electrons. The minimum atomic E-state index is -0.870. The van der Waals surface area contributed by atoms with Crippen molar-refractivity contribution >= 4 is 34.8 Å². The van der Waals surface area contributed by atoms with Crippen LogP contribution in [0.15, 0.2) is 41.4 Å². The van der Waals surface area contributed by atoms with Crippen molar-refractivity contribution < 1.29 is 19.3 Å². The molecule has 27 heavy (non-hydrogen) atoms. The van der Waals surface area contributed by atoms with Crippen LogP contribution >= 0.6 is 23.2 Å². The second-order valence-corrected chi connectivity index (χ2v) is 6.22. The van der Waals surface area contributed by atoms with Crippen LogP contribution in [-0.2, 0) is 0 Å². The Kier molecular flexibility index (Phi) is 7.84. The van der Waals surface area contributed by atoms with Crippen LogP contribution in [0.1, 0.15) is 0 Å². The molecule has 0 aliphatic carbocycles. The van der Waals surface area contributed by atoms with E-state index in [9.17, 15) is 5.11 Å². The lowest BCUT2D eigenvalue weighted by atomic mass is 10.3. The summed E-state index contributed by atoms with van der Waals surface area (Å²) < 4.78 is 15.9. The molecule has 7 nitrogen and oxygen atoms in total. The summed E-state index contributed by atoms with van der Waals surface area (Å²) in [7, 11) is 3.10. The number of hydrogen-bond acceptors (Lipinski definition) is 5. The zero-order valence-electron chi connectivity index (χ0n) is 14.9. The number of rotatable bonds is 8. The molecule has 0 aliphatic rings. The summed E-state index contributed by atoms with van der Waals surface area (Å²) in [6, 6.07) is 10.3. The topological polar surface area (TPSA) is 98.3 Å². The number of benzene rings is 2. The number of nitrogens with two attached hydrogens (primary N) is 1. The van der Waals surface area contributed by atoms with Gasteiger partial charge in [-0.2, -0.15) is 0 Å². The van der Waals surface area contributed by atoms with E-state index in [-0.39, 0.29) is 19.1 Å². The molecule has 0 spiro atoms. The molecule has 0 heterocycles. The first-order valence-electron chi connectivity index (χ1n) is 7.98. The number of guanidine groups is 1. The Labute approximate surface area is 167 Å². The summed E-state index contributed by atoms with van der Waals surface area (Å²) in [6.45, 7) is 0.0392. The molecule has 0 bridgehead atoms.